The quantitative estimate of drug-likeness (QED) is 0.681. The second-order valence-corrected chi connectivity index (χ2v) is 5.79. The first-order valence-electron chi connectivity index (χ1n) is 8.56. The van der Waals surface area contributed by atoms with E-state index in [1.165, 1.54) is 5.56 Å². The van der Waals surface area contributed by atoms with Gasteiger partial charge in [-0.3, -0.25) is 4.79 Å². The number of nitrogens with zero attached hydrogens (tertiary/aromatic N) is 3. The van der Waals surface area contributed by atoms with Crippen molar-refractivity contribution in [3.05, 3.63) is 46.7 Å². The Labute approximate surface area is 159 Å². The number of aromatic nitrogens is 2. The van der Waals surface area contributed by atoms with E-state index in [9.17, 15) is 4.79 Å². The van der Waals surface area contributed by atoms with E-state index in [2.05, 4.69) is 32.3 Å². The summed E-state index contributed by atoms with van der Waals surface area (Å²) >= 11 is 5.77. The maximum atomic E-state index is 12.1. The molecule has 1 amide bonds. The van der Waals surface area contributed by atoms with Gasteiger partial charge in [-0.15, -0.1) is 0 Å². The Balaban J connectivity index is 0.00000163. The van der Waals surface area contributed by atoms with Gasteiger partial charge in [-0.2, -0.15) is 0 Å². The molecule has 0 bridgehead atoms. The van der Waals surface area contributed by atoms with Crippen LogP contribution in [-0.4, -0.2) is 47.5 Å². The number of nitrogens with two attached hydrogens (primary N) is 2. The van der Waals surface area contributed by atoms with E-state index >= 15 is 0 Å². The number of nitrogens with one attached hydrogen (secondary N) is 1. The van der Waals surface area contributed by atoms with Gasteiger partial charge in [-0.05, 0) is 19.0 Å². The molecule has 2 rings (SSSR count). The average Bonchev–Trinajstić information content (AvgIpc) is 2.65. The molecule has 0 radical (unpaired) electrons. The Morgan fingerprint density at radius 2 is 1.77 bits per heavy atom. The summed E-state index contributed by atoms with van der Waals surface area (Å²) in [4.78, 5) is 21.9. The normalized spacial score (nSPS) is 10.2. The fraction of sp³-hybridized carbons (Fsp3) is 0.389. The lowest BCUT2D eigenvalue weighted by Gasteiger charge is -2.17. The zero-order valence-corrected chi connectivity index (χ0v) is 16.3. The number of hydrogen-bond acceptors (Lipinski definition) is 6. The van der Waals surface area contributed by atoms with Crippen molar-refractivity contribution in [3.8, 4) is 0 Å². The molecule has 0 aliphatic heterocycles. The first kappa shape index (κ1) is 21.7. The third-order valence-electron chi connectivity index (χ3n) is 3.52. The van der Waals surface area contributed by atoms with Crippen molar-refractivity contribution < 1.29 is 4.79 Å². The molecule has 26 heavy (non-hydrogen) atoms. The van der Waals surface area contributed by atoms with Crippen LogP contribution in [0.3, 0.4) is 0 Å². The Kier molecular flexibility index (Phi) is 9.40. The number of nitrogen functional groups attached to an aromatic ring is 2. The highest BCUT2D eigenvalue weighted by Gasteiger charge is 2.15. The van der Waals surface area contributed by atoms with E-state index in [1.54, 1.807) is 0 Å². The largest absolute Gasteiger partial charge is 0.382 e. The van der Waals surface area contributed by atoms with Crippen molar-refractivity contribution in [2.75, 3.05) is 38.1 Å². The summed E-state index contributed by atoms with van der Waals surface area (Å²) in [5, 5.41) is 2.72. The zero-order chi connectivity index (χ0) is 19.5. The third-order valence-corrected chi connectivity index (χ3v) is 3.80. The smallest absolute Gasteiger partial charge is 0.273 e. The summed E-state index contributed by atoms with van der Waals surface area (Å²) in [5.41, 5.74) is 12.4. The molecule has 1 heterocycles. The number of carbonyl (C=O) groups excluding carboxylic acids is 1. The van der Waals surface area contributed by atoms with Crippen molar-refractivity contribution in [2.24, 2.45) is 0 Å². The summed E-state index contributed by atoms with van der Waals surface area (Å²) in [6, 6.07) is 10.3. The number of carbonyl (C=O) groups is 1. The van der Waals surface area contributed by atoms with E-state index in [4.69, 9.17) is 23.1 Å². The third kappa shape index (κ3) is 6.85. The molecule has 2 aromatic rings. The molecule has 5 N–H and O–H groups in total. The number of amides is 1. The topological polar surface area (TPSA) is 110 Å². The van der Waals surface area contributed by atoms with Crippen molar-refractivity contribution in [2.45, 2.75) is 20.3 Å². The van der Waals surface area contributed by atoms with Gasteiger partial charge < -0.3 is 21.7 Å². The maximum Gasteiger partial charge on any atom is 0.273 e. The summed E-state index contributed by atoms with van der Waals surface area (Å²) in [6.07, 6.45) is 0.956. The molecule has 0 atom stereocenters. The molecule has 0 saturated carbocycles. The number of hydrogen-bond donors (Lipinski definition) is 3. The van der Waals surface area contributed by atoms with Gasteiger partial charge in [0.25, 0.3) is 5.91 Å². The Hall–Kier alpha value is -2.38. The van der Waals surface area contributed by atoms with E-state index in [0.29, 0.717) is 13.1 Å². The molecule has 0 fully saturated rings. The van der Waals surface area contributed by atoms with E-state index in [1.807, 2.05) is 39.1 Å². The first-order chi connectivity index (χ1) is 12.5. The van der Waals surface area contributed by atoms with Crippen molar-refractivity contribution in [3.63, 3.8) is 0 Å². The predicted molar refractivity (Wildman–Crippen MR) is 107 cm³/mol. The monoisotopic (exact) mass is 378 g/mol. The van der Waals surface area contributed by atoms with Gasteiger partial charge in [-0.25, -0.2) is 9.97 Å². The lowest BCUT2D eigenvalue weighted by atomic mass is 10.1. The molecular weight excluding hydrogens is 352 g/mol. The molecular formula is C18H27ClN6O. The minimum absolute atomic E-state index is 0.00589. The number of rotatable bonds is 7. The van der Waals surface area contributed by atoms with Crippen LogP contribution in [0.2, 0.25) is 5.15 Å². The summed E-state index contributed by atoms with van der Waals surface area (Å²) in [5.74, 6) is -0.448. The molecule has 1 aromatic carbocycles. The highest BCUT2D eigenvalue weighted by Crippen LogP contribution is 2.17. The van der Waals surface area contributed by atoms with Gasteiger partial charge in [0.1, 0.15) is 0 Å². The lowest BCUT2D eigenvalue weighted by molar-refractivity contribution is 0.0945. The summed E-state index contributed by atoms with van der Waals surface area (Å²) in [7, 11) is 2.00. The SMILES string of the molecule is CC.CN(CCNC(=O)c1nc(Cl)c(N)nc1N)CCc1ccccc1. The van der Waals surface area contributed by atoms with Crippen LogP contribution in [0.1, 0.15) is 29.9 Å². The summed E-state index contributed by atoms with van der Waals surface area (Å²) < 4.78 is 0. The van der Waals surface area contributed by atoms with Gasteiger partial charge in [0.2, 0.25) is 0 Å². The van der Waals surface area contributed by atoms with Gasteiger partial charge in [-0.1, -0.05) is 55.8 Å². The Bertz CT molecular complexity index is 696. The molecule has 142 valence electrons. The molecule has 0 spiro atoms. The van der Waals surface area contributed by atoms with Crippen molar-refractivity contribution >= 4 is 29.1 Å². The van der Waals surface area contributed by atoms with Crippen LogP contribution < -0.4 is 16.8 Å². The maximum absolute atomic E-state index is 12.1. The molecule has 0 aliphatic rings. The first-order valence-corrected chi connectivity index (χ1v) is 8.94. The van der Waals surface area contributed by atoms with Gasteiger partial charge >= 0.3 is 0 Å². The molecule has 8 heteroatoms. The minimum Gasteiger partial charge on any atom is -0.382 e. The van der Waals surface area contributed by atoms with Crippen LogP contribution >= 0.6 is 11.6 Å². The Morgan fingerprint density at radius 3 is 2.42 bits per heavy atom. The van der Waals surface area contributed by atoms with Crippen LogP contribution in [0.25, 0.3) is 0 Å². The predicted octanol–water partition coefficient (Wildman–Crippen LogP) is 2.22. The number of benzene rings is 1. The molecule has 1 aromatic heterocycles. The van der Waals surface area contributed by atoms with Gasteiger partial charge in [0.05, 0.1) is 0 Å². The zero-order valence-electron chi connectivity index (χ0n) is 15.5. The highest BCUT2D eigenvalue weighted by atomic mass is 35.5. The van der Waals surface area contributed by atoms with Gasteiger partial charge in [0, 0.05) is 19.6 Å². The van der Waals surface area contributed by atoms with E-state index in [-0.39, 0.29) is 22.5 Å². The van der Waals surface area contributed by atoms with Crippen LogP contribution in [0, 0.1) is 0 Å². The van der Waals surface area contributed by atoms with E-state index in [0.717, 1.165) is 13.0 Å². The standard InChI is InChI=1S/C16H21ClN6O.C2H6/c1-23(9-7-11-5-3-2-4-6-11)10-8-20-16(24)12-14(18)22-15(19)13(17)21-12;1-2/h2-6H,7-10H2,1H3,(H,20,24)(H4,18,19,22);1-2H3. The average molecular weight is 379 g/mol. The fourth-order valence-electron chi connectivity index (χ4n) is 2.13. The number of likely N-dealkylation sites (N-methyl/N-ethyl adjacent to an activating group) is 1. The number of halogens is 1. The Morgan fingerprint density at radius 1 is 1.12 bits per heavy atom. The molecule has 7 nitrogen and oxygen atoms in total. The summed E-state index contributed by atoms with van der Waals surface area (Å²) in [6.45, 7) is 6.07. The van der Waals surface area contributed by atoms with E-state index < -0.39 is 5.91 Å². The second kappa shape index (κ2) is 11.3. The number of anilines is 2. The van der Waals surface area contributed by atoms with Crippen LogP contribution in [-0.2, 0) is 6.42 Å². The highest BCUT2D eigenvalue weighted by molar-refractivity contribution is 6.31. The van der Waals surface area contributed by atoms with Crippen molar-refractivity contribution in [1.82, 2.24) is 20.2 Å². The second-order valence-electron chi connectivity index (χ2n) is 5.43. The van der Waals surface area contributed by atoms with Crippen LogP contribution in [0.5, 0.6) is 0 Å². The molecule has 0 unspecified atom stereocenters. The molecule has 0 aliphatic carbocycles. The lowest BCUT2D eigenvalue weighted by Crippen LogP contribution is -2.34. The van der Waals surface area contributed by atoms with Crippen LogP contribution in [0.4, 0.5) is 11.6 Å². The fourth-order valence-corrected chi connectivity index (χ4v) is 2.26. The molecule has 0 saturated heterocycles. The van der Waals surface area contributed by atoms with Crippen LogP contribution in [0.15, 0.2) is 30.3 Å². The van der Waals surface area contributed by atoms with Gasteiger partial charge in [0.15, 0.2) is 22.5 Å². The van der Waals surface area contributed by atoms with Crippen molar-refractivity contribution in [1.29, 1.82) is 0 Å². The minimum atomic E-state index is -0.418.